The van der Waals surface area contributed by atoms with E-state index in [4.69, 9.17) is 4.84 Å². The molecule has 0 aromatic heterocycles. The molecular formula is C9H19NO. The minimum absolute atomic E-state index is 0.589. The van der Waals surface area contributed by atoms with Crippen LogP contribution in [0.5, 0.6) is 0 Å². The van der Waals surface area contributed by atoms with Gasteiger partial charge in [-0.25, -0.2) is 0 Å². The minimum Gasteiger partial charge on any atom is -0.305 e. The lowest BCUT2D eigenvalue weighted by Gasteiger charge is -2.31. The summed E-state index contributed by atoms with van der Waals surface area (Å²) in [4.78, 5) is 4.91. The predicted molar refractivity (Wildman–Crippen MR) is 46.1 cm³/mol. The zero-order chi connectivity index (χ0) is 8.27. The maximum absolute atomic E-state index is 4.91. The smallest absolute Gasteiger partial charge is 0.0572 e. The van der Waals surface area contributed by atoms with E-state index in [1.165, 1.54) is 19.3 Å². The van der Waals surface area contributed by atoms with Crippen molar-refractivity contribution >= 4 is 0 Å². The van der Waals surface area contributed by atoms with Crippen molar-refractivity contribution in [2.45, 2.75) is 39.2 Å². The Hall–Kier alpha value is -0.0800. The summed E-state index contributed by atoms with van der Waals surface area (Å²) >= 11 is 0. The Bertz CT molecular complexity index is 116. The Morgan fingerprint density at radius 1 is 1.18 bits per heavy atom. The molecule has 2 heteroatoms. The second kappa shape index (κ2) is 4.07. The van der Waals surface area contributed by atoms with E-state index in [-0.39, 0.29) is 0 Å². The van der Waals surface area contributed by atoms with Crippen molar-refractivity contribution in [3.8, 4) is 0 Å². The molecule has 0 radical (unpaired) electrons. The maximum Gasteiger partial charge on any atom is 0.0572 e. The minimum atomic E-state index is 0.589. The fourth-order valence-electron chi connectivity index (χ4n) is 1.82. The fraction of sp³-hybridized carbons (Fsp3) is 1.00. The van der Waals surface area contributed by atoms with Crippen LogP contribution in [0.3, 0.4) is 0 Å². The van der Waals surface area contributed by atoms with E-state index in [0.29, 0.717) is 6.04 Å². The van der Waals surface area contributed by atoms with Crippen LogP contribution in [0.25, 0.3) is 0 Å². The predicted octanol–water partition coefficient (Wildman–Crippen LogP) is 1.96. The van der Waals surface area contributed by atoms with Crippen LogP contribution in [0.2, 0.25) is 0 Å². The van der Waals surface area contributed by atoms with Crippen LogP contribution in [0.15, 0.2) is 0 Å². The molecule has 66 valence electrons. The topological polar surface area (TPSA) is 21.3 Å². The van der Waals surface area contributed by atoms with Gasteiger partial charge in [-0.1, -0.05) is 13.8 Å². The first-order valence-electron chi connectivity index (χ1n) is 4.52. The lowest BCUT2D eigenvalue weighted by molar-refractivity contribution is 0.0340. The van der Waals surface area contributed by atoms with E-state index >= 15 is 0 Å². The molecule has 0 aromatic carbocycles. The van der Waals surface area contributed by atoms with Crippen LogP contribution in [0.1, 0.15) is 33.1 Å². The lowest BCUT2D eigenvalue weighted by atomic mass is 9.79. The molecule has 3 atom stereocenters. The van der Waals surface area contributed by atoms with Crippen molar-refractivity contribution in [2.24, 2.45) is 11.8 Å². The first kappa shape index (κ1) is 9.01. The highest BCUT2D eigenvalue weighted by atomic mass is 16.6. The van der Waals surface area contributed by atoms with Crippen LogP contribution in [-0.4, -0.2) is 13.2 Å². The highest BCUT2D eigenvalue weighted by Gasteiger charge is 2.23. The van der Waals surface area contributed by atoms with Gasteiger partial charge in [0.1, 0.15) is 0 Å². The molecule has 1 saturated carbocycles. The molecule has 2 nitrogen and oxygen atoms in total. The summed E-state index contributed by atoms with van der Waals surface area (Å²) < 4.78 is 0. The Morgan fingerprint density at radius 2 is 1.91 bits per heavy atom. The molecule has 1 N–H and O–H groups in total. The molecule has 3 unspecified atom stereocenters. The Morgan fingerprint density at radius 3 is 2.45 bits per heavy atom. The van der Waals surface area contributed by atoms with Gasteiger partial charge in [-0.15, -0.1) is 0 Å². The third kappa shape index (κ3) is 2.46. The monoisotopic (exact) mass is 157 g/mol. The Balaban J connectivity index is 2.28. The van der Waals surface area contributed by atoms with Crippen LogP contribution in [-0.2, 0) is 4.84 Å². The standard InChI is InChI=1S/C9H19NO/c1-7-4-5-9(10-11-3)6-8(7)2/h7-10H,4-6H2,1-3H3. The molecule has 1 rings (SSSR count). The van der Waals surface area contributed by atoms with Crippen molar-refractivity contribution < 1.29 is 4.84 Å². The number of hydrogen-bond acceptors (Lipinski definition) is 2. The molecule has 1 aliphatic carbocycles. The maximum atomic E-state index is 4.91. The van der Waals surface area contributed by atoms with E-state index in [2.05, 4.69) is 19.3 Å². The van der Waals surface area contributed by atoms with Gasteiger partial charge >= 0.3 is 0 Å². The van der Waals surface area contributed by atoms with Crippen molar-refractivity contribution in [3.05, 3.63) is 0 Å². The van der Waals surface area contributed by atoms with Crippen LogP contribution in [0, 0.1) is 11.8 Å². The average molecular weight is 157 g/mol. The number of hydroxylamine groups is 1. The van der Waals surface area contributed by atoms with E-state index in [1.807, 2.05) is 0 Å². The number of nitrogens with one attached hydrogen (secondary N) is 1. The van der Waals surface area contributed by atoms with Crippen LogP contribution >= 0.6 is 0 Å². The van der Waals surface area contributed by atoms with E-state index in [9.17, 15) is 0 Å². The lowest BCUT2D eigenvalue weighted by Crippen LogP contribution is -2.35. The van der Waals surface area contributed by atoms with E-state index < -0.39 is 0 Å². The highest BCUT2D eigenvalue weighted by molar-refractivity contribution is 4.77. The van der Waals surface area contributed by atoms with Gasteiger partial charge in [0, 0.05) is 6.04 Å². The van der Waals surface area contributed by atoms with Gasteiger partial charge in [0.2, 0.25) is 0 Å². The van der Waals surface area contributed by atoms with Crippen LogP contribution in [0.4, 0.5) is 0 Å². The molecule has 0 aliphatic heterocycles. The molecule has 0 bridgehead atoms. The summed E-state index contributed by atoms with van der Waals surface area (Å²) in [6.45, 7) is 4.67. The van der Waals surface area contributed by atoms with E-state index in [1.54, 1.807) is 7.11 Å². The van der Waals surface area contributed by atoms with Gasteiger partial charge in [0.05, 0.1) is 7.11 Å². The van der Waals surface area contributed by atoms with Gasteiger partial charge in [-0.3, -0.25) is 0 Å². The second-order valence-corrected chi connectivity index (χ2v) is 3.79. The Labute approximate surface area is 69.3 Å². The van der Waals surface area contributed by atoms with Gasteiger partial charge in [-0.2, -0.15) is 5.48 Å². The number of hydrogen-bond donors (Lipinski definition) is 1. The molecule has 1 aliphatic rings. The molecular weight excluding hydrogens is 138 g/mol. The van der Waals surface area contributed by atoms with Crippen molar-refractivity contribution in [2.75, 3.05) is 7.11 Å². The molecule has 0 saturated heterocycles. The molecule has 0 heterocycles. The summed E-state index contributed by atoms with van der Waals surface area (Å²) in [5, 5.41) is 0. The van der Waals surface area contributed by atoms with Gasteiger partial charge in [0.15, 0.2) is 0 Å². The van der Waals surface area contributed by atoms with Crippen molar-refractivity contribution in [3.63, 3.8) is 0 Å². The third-order valence-corrected chi connectivity index (χ3v) is 2.88. The molecule has 0 spiro atoms. The molecule has 1 fully saturated rings. The Kier molecular flexibility index (Phi) is 3.34. The summed E-state index contributed by atoms with van der Waals surface area (Å²) in [6, 6.07) is 0.589. The van der Waals surface area contributed by atoms with Crippen LogP contribution < -0.4 is 5.48 Å². The summed E-state index contributed by atoms with van der Waals surface area (Å²) in [7, 11) is 1.70. The van der Waals surface area contributed by atoms with Gasteiger partial charge in [-0.05, 0) is 31.1 Å². The molecule has 0 amide bonds. The normalized spacial score (nSPS) is 39.0. The zero-order valence-corrected chi connectivity index (χ0v) is 7.76. The van der Waals surface area contributed by atoms with Gasteiger partial charge < -0.3 is 4.84 Å². The average Bonchev–Trinajstić information content (AvgIpc) is 1.98. The summed E-state index contributed by atoms with van der Waals surface area (Å²) in [5.74, 6) is 1.74. The van der Waals surface area contributed by atoms with Crippen molar-refractivity contribution in [1.29, 1.82) is 0 Å². The first-order chi connectivity index (χ1) is 5.24. The van der Waals surface area contributed by atoms with Gasteiger partial charge in [0.25, 0.3) is 0 Å². The van der Waals surface area contributed by atoms with Crippen molar-refractivity contribution in [1.82, 2.24) is 5.48 Å². The quantitative estimate of drug-likeness (QED) is 0.619. The highest BCUT2D eigenvalue weighted by Crippen LogP contribution is 2.28. The largest absolute Gasteiger partial charge is 0.305 e. The van der Waals surface area contributed by atoms with E-state index in [0.717, 1.165) is 11.8 Å². The number of rotatable bonds is 2. The SMILES string of the molecule is CONC1CCC(C)C(C)C1. The second-order valence-electron chi connectivity index (χ2n) is 3.79. The fourth-order valence-corrected chi connectivity index (χ4v) is 1.82. The molecule has 0 aromatic rings. The first-order valence-corrected chi connectivity index (χ1v) is 4.52. The summed E-state index contributed by atoms with van der Waals surface area (Å²) in [5.41, 5.74) is 3.04. The molecule has 11 heavy (non-hydrogen) atoms. The zero-order valence-electron chi connectivity index (χ0n) is 7.76. The summed E-state index contributed by atoms with van der Waals surface area (Å²) in [6.07, 6.45) is 3.86. The third-order valence-electron chi connectivity index (χ3n) is 2.88.